The van der Waals surface area contributed by atoms with Crippen LogP contribution in [0.2, 0.25) is 0 Å². The Morgan fingerprint density at radius 2 is 2.00 bits per heavy atom. The summed E-state index contributed by atoms with van der Waals surface area (Å²) >= 11 is 0. The van der Waals surface area contributed by atoms with E-state index in [2.05, 4.69) is 0 Å². The molecule has 1 N–H and O–H groups in total. The number of carbonyl (C=O) groups excluding carboxylic acids is 1. The first-order chi connectivity index (χ1) is 7.24. The van der Waals surface area contributed by atoms with Crippen LogP contribution in [-0.4, -0.2) is 18.3 Å². The Hall–Kier alpha value is -1.64. The van der Waals surface area contributed by atoms with Gasteiger partial charge in [0.2, 0.25) is 0 Å². The lowest BCUT2D eigenvalue weighted by Crippen LogP contribution is -2.11. The van der Waals surface area contributed by atoms with E-state index in [0.717, 1.165) is 12.0 Å². The molecule has 0 aromatic heterocycles. The van der Waals surface area contributed by atoms with Gasteiger partial charge in [-0.15, -0.1) is 0 Å². The lowest BCUT2D eigenvalue weighted by atomic mass is 10.1. The smallest absolute Gasteiger partial charge is 0.311 e. The average Bonchev–Trinajstić information content (AvgIpc) is 2.27. The van der Waals surface area contributed by atoms with Crippen molar-refractivity contribution in [2.45, 2.75) is 19.8 Å². The summed E-state index contributed by atoms with van der Waals surface area (Å²) in [6.45, 7) is 2.37. The second-order valence-corrected chi connectivity index (χ2v) is 3.24. The van der Waals surface area contributed by atoms with Crippen LogP contribution in [0, 0.1) is 5.41 Å². The first kappa shape index (κ1) is 11.4. The van der Waals surface area contributed by atoms with Crippen molar-refractivity contribution in [2.24, 2.45) is 0 Å². The summed E-state index contributed by atoms with van der Waals surface area (Å²) in [4.78, 5) is 11.2. The van der Waals surface area contributed by atoms with E-state index in [-0.39, 0.29) is 12.4 Å². The minimum atomic E-state index is -0.328. The highest BCUT2D eigenvalue weighted by Crippen LogP contribution is 2.03. The van der Waals surface area contributed by atoms with Gasteiger partial charge in [-0.3, -0.25) is 4.79 Å². The molecule has 1 aromatic carbocycles. The molecule has 0 spiro atoms. The number of hydrogen-bond acceptors (Lipinski definition) is 3. The molecule has 0 unspecified atom stereocenters. The van der Waals surface area contributed by atoms with Crippen molar-refractivity contribution in [2.75, 3.05) is 6.61 Å². The third-order valence-electron chi connectivity index (χ3n) is 1.91. The number of rotatable bonds is 5. The minimum absolute atomic E-state index is 0.0456. The molecule has 0 saturated heterocycles. The Labute approximate surface area is 89.6 Å². The van der Waals surface area contributed by atoms with Gasteiger partial charge >= 0.3 is 5.97 Å². The van der Waals surface area contributed by atoms with E-state index in [1.807, 2.05) is 37.3 Å². The fourth-order valence-corrected chi connectivity index (χ4v) is 1.15. The fourth-order valence-electron chi connectivity index (χ4n) is 1.15. The van der Waals surface area contributed by atoms with Gasteiger partial charge in [0.1, 0.15) is 0 Å². The summed E-state index contributed by atoms with van der Waals surface area (Å²) in [6, 6.07) is 9.21. The van der Waals surface area contributed by atoms with Crippen molar-refractivity contribution in [3.05, 3.63) is 35.9 Å². The van der Waals surface area contributed by atoms with E-state index in [9.17, 15) is 4.79 Å². The van der Waals surface area contributed by atoms with Crippen LogP contribution in [-0.2, 0) is 9.53 Å². The number of carbonyl (C=O) groups is 1. The Balaban J connectivity index is 2.46. The van der Waals surface area contributed by atoms with Gasteiger partial charge in [-0.05, 0) is 12.0 Å². The predicted octanol–water partition coefficient (Wildman–Crippen LogP) is 2.40. The van der Waals surface area contributed by atoms with E-state index >= 15 is 0 Å². The highest BCUT2D eigenvalue weighted by Gasteiger charge is 2.08. The molecule has 0 aliphatic heterocycles. The van der Waals surface area contributed by atoms with Crippen molar-refractivity contribution in [3.63, 3.8) is 0 Å². The number of benzene rings is 1. The van der Waals surface area contributed by atoms with Crippen LogP contribution in [0.25, 0.3) is 0 Å². The molecule has 0 atom stereocenters. The first-order valence-electron chi connectivity index (χ1n) is 5.02. The number of ether oxygens (including phenoxy) is 1. The quantitative estimate of drug-likeness (QED) is 0.592. The van der Waals surface area contributed by atoms with Gasteiger partial charge in [0.25, 0.3) is 0 Å². The highest BCUT2D eigenvalue weighted by atomic mass is 16.5. The molecule has 0 amide bonds. The summed E-state index contributed by atoms with van der Waals surface area (Å²) in [5.41, 5.74) is 1.07. The molecule has 0 radical (unpaired) electrons. The van der Waals surface area contributed by atoms with Gasteiger partial charge in [-0.25, -0.2) is 0 Å². The Morgan fingerprint density at radius 3 is 2.60 bits per heavy atom. The fraction of sp³-hybridized carbons (Fsp3) is 0.333. The molecule has 1 rings (SSSR count). The van der Waals surface area contributed by atoms with Gasteiger partial charge in [-0.1, -0.05) is 37.3 Å². The lowest BCUT2D eigenvalue weighted by molar-refractivity contribution is -0.142. The first-order valence-corrected chi connectivity index (χ1v) is 5.02. The Kier molecular flexibility index (Phi) is 4.54. The third-order valence-corrected chi connectivity index (χ3v) is 1.91. The van der Waals surface area contributed by atoms with E-state index in [0.29, 0.717) is 12.3 Å². The molecule has 0 bridgehead atoms. The molecule has 80 valence electrons. The van der Waals surface area contributed by atoms with E-state index in [4.69, 9.17) is 10.1 Å². The number of esters is 1. The van der Waals surface area contributed by atoms with Crippen molar-refractivity contribution in [1.82, 2.24) is 0 Å². The summed E-state index contributed by atoms with van der Waals surface area (Å²) in [7, 11) is 0. The SMILES string of the molecule is CCCOC(=O)CC(=N)c1ccccc1. The van der Waals surface area contributed by atoms with Gasteiger partial charge < -0.3 is 10.1 Å². The predicted molar refractivity (Wildman–Crippen MR) is 59.1 cm³/mol. The molecule has 0 aliphatic carbocycles. The van der Waals surface area contributed by atoms with Crippen LogP contribution in [0.1, 0.15) is 25.3 Å². The van der Waals surface area contributed by atoms with Crippen LogP contribution in [0.3, 0.4) is 0 Å². The van der Waals surface area contributed by atoms with E-state index in [1.165, 1.54) is 0 Å². The second-order valence-electron chi connectivity index (χ2n) is 3.24. The average molecular weight is 205 g/mol. The molecule has 0 heterocycles. The van der Waals surface area contributed by atoms with Crippen LogP contribution < -0.4 is 0 Å². The lowest BCUT2D eigenvalue weighted by Gasteiger charge is -2.04. The van der Waals surface area contributed by atoms with Crippen molar-refractivity contribution in [3.8, 4) is 0 Å². The maximum atomic E-state index is 11.2. The molecule has 15 heavy (non-hydrogen) atoms. The monoisotopic (exact) mass is 205 g/mol. The molecular weight excluding hydrogens is 190 g/mol. The van der Waals surface area contributed by atoms with Crippen molar-refractivity contribution < 1.29 is 9.53 Å². The van der Waals surface area contributed by atoms with E-state index < -0.39 is 0 Å². The molecule has 1 aromatic rings. The minimum Gasteiger partial charge on any atom is -0.465 e. The standard InChI is InChI=1S/C12H15NO2/c1-2-8-15-12(14)9-11(13)10-6-4-3-5-7-10/h3-7,13H,2,8-9H2,1H3. The largest absolute Gasteiger partial charge is 0.465 e. The maximum absolute atomic E-state index is 11.2. The summed E-state index contributed by atoms with van der Waals surface area (Å²) < 4.78 is 4.90. The summed E-state index contributed by atoms with van der Waals surface area (Å²) in [6.07, 6.45) is 0.856. The van der Waals surface area contributed by atoms with Crippen LogP contribution >= 0.6 is 0 Å². The normalized spacial score (nSPS) is 9.67. The Bertz CT molecular complexity index is 333. The summed E-state index contributed by atoms with van der Waals surface area (Å²) in [5, 5.41) is 7.69. The van der Waals surface area contributed by atoms with Gasteiger partial charge in [-0.2, -0.15) is 0 Å². The highest BCUT2D eigenvalue weighted by molar-refractivity contribution is 6.07. The molecule has 0 aliphatic rings. The molecular formula is C12H15NO2. The molecule has 0 saturated carbocycles. The third kappa shape index (κ3) is 3.94. The number of hydrogen-bond donors (Lipinski definition) is 1. The number of nitrogens with one attached hydrogen (secondary N) is 1. The van der Waals surface area contributed by atoms with Gasteiger partial charge in [0.05, 0.1) is 13.0 Å². The van der Waals surface area contributed by atoms with Crippen molar-refractivity contribution in [1.29, 1.82) is 5.41 Å². The van der Waals surface area contributed by atoms with Crippen LogP contribution in [0.5, 0.6) is 0 Å². The zero-order chi connectivity index (χ0) is 11.1. The van der Waals surface area contributed by atoms with Gasteiger partial charge in [0, 0.05) is 5.71 Å². The maximum Gasteiger partial charge on any atom is 0.311 e. The second kappa shape index (κ2) is 5.96. The van der Waals surface area contributed by atoms with Crippen LogP contribution in [0.15, 0.2) is 30.3 Å². The summed E-state index contributed by atoms with van der Waals surface area (Å²) in [5.74, 6) is -0.328. The zero-order valence-corrected chi connectivity index (χ0v) is 8.82. The van der Waals surface area contributed by atoms with E-state index in [1.54, 1.807) is 0 Å². The molecule has 3 heteroatoms. The van der Waals surface area contributed by atoms with Crippen LogP contribution in [0.4, 0.5) is 0 Å². The molecule has 0 fully saturated rings. The van der Waals surface area contributed by atoms with Crippen molar-refractivity contribution >= 4 is 11.7 Å². The Morgan fingerprint density at radius 1 is 1.33 bits per heavy atom. The molecule has 3 nitrogen and oxygen atoms in total. The zero-order valence-electron chi connectivity index (χ0n) is 8.82. The van der Waals surface area contributed by atoms with Gasteiger partial charge in [0.15, 0.2) is 0 Å². The topological polar surface area (TPSA) is 50.2 Å².